The average molecular weight is 280 g/mol. The van der Waals surface area contributed by atoms with Crippen LogP contribution in [0.2, 0.25) is 0 Å². The number of unbranched alkanes of at least 4 members (excludes halogenated alkanes) is 11. The maximum atomic E-state index is 10.7. The standard InChI is InChI=1S/C18H32O2/c1-3-5-6-7-8-9-10-11-12-13-14-15-16-17-20-18(19)4-2/h4,16-17H,2-3,5-15H2,1H3. The van der Waals surface area contributed by atoms with Crippen LogP contribution in [0.3, 0.4) is 0 Å². The Labute approximate surface area is 125 Å². The van der Waals surface area contributed by atoms with Crippen LogP contribution in [-0.2, 0) is 9.53 Å². The second-order valence-corrected chi connectivity index (χ2v) is 5.34. The number of hydrogen-bond donors (Lipinski definition) is 0. The van der Waals surface area contributed by atoms with E-state index in [0.29, 0.717) is 0 Å². The first kappa shape index (κ1) is 18.9. The van der Waals surface area contributed by atoms with Gasteiger partial charge in [0, 0.05) is 6.08 Å². The summed E-state index contributed by atoms with van der Waals surface area (Å²) in [4.78, 5) is 10.7. The molecule has 0 aliphatic rings. The van der Waals surface area contributed by atoms with E-state index >= 15 is 0 Å². The molecule has 0 saturated carbocycles. The molecule has 20 heavy (non-hydrogen) atoms. The van der Waals surface area contributed by atoms with Gasteiger partial charge in [-0.15, -0.1) is 0 Å². The predicted octanol–water partition coefficient (Wildman–Crippen LogP) is 5.93. The molecule has 0 atom stereocenters. The number of ether oxygens (including phenoxy) is 1. The monoisotopic (exact) mass is 280 g/mol. The number of rotatable bonds is 14. The van der Waals surface area contributed by atoms with E-state index < -0.39 is 0 Å². The van der Waals surface area contributed by atoms with Crippen LogP contribution in [0.25, 0.3) is 0 Å². The molecule has 0 aromatic heterocycles. The Kier molecular flexibility index (Phi) is 15.2. The van der Waals surface area contributed by atoms with E-state index in [-0.39, 0.29) is 5.97 Å². The fourth-order valence-electron chi connectivity index (χ4n) is 2.16. The minimum absolute atomic E-state index is 0.389. The Morgan fingerprint density at radius 2 is 1.40 bits per heavy atom. The number of hydrogen-bond acceptors (Lipinski definition) is 2. The van der Waals surface area contributed by atoms with Crippen molar-refractivity contribution in [1.82, 2.24) is 0 Å². The van der Waals surface area contributed by atoms with Crippen LogP contribution < -0.4 is 0 Å². The number of allylic oxidation sites excluding steroid dienone is 1. The highest BCUT2D eigenvalue weighted by molar-refractivity contribution is 5.81. The van der Waals surface area contributed by atoms with Crippen LogP contribution in [0.15, 0.2) is 25.0 Å². The molecule has 0 amide bonds. The lowest BCUT2D eigenvalue weighted by atomic mass is 10.1. The molecule has 2 nitrogen and oxygen atoms in total. The van der Waals surface area contributed by atoms with Gasteiger partial charge < -0.3 is 4.74 Å². The van der Waals surface area contributed by atoms with Gasteiger partial charge in [-0.05, 0) is 18.9 Å². The highest BCUT2D eigenvalue weighted by Crippen LogP contribution is 2.11. The zero-order valence-electron chi connectivity index (χ0n) is 13.2. The van der Waals surface area contributed by atoms with Crippen molar-refractivity contribution in [3.8, 4) is 0 Å². The second kappa shape index (κ2) is 16.0. The van der Waals surface area contributed by atoms with E-state index in [1.54, 1.807) is 0 Å². The Morgan fingerprint density at radius 1 is 0.900 bits per heavy atom. The SMILES string of the molecule is C=CC(=O)OC=CCCCCCCCCCCCCC. The second-order valence-electron chi connectivity index (χ2n) is 5.34. The Hall–Kier alpha value is -1.05. The lowest BCUT2D eigenvalue weighted by Crippen LogP contribution is -1.91. The van der Waals surface area contributed by atoms with Gasteiger partial charge in [0.15, 0.2) is 0 Å². The maximum absolute atomic E-state index is 10.7. The summed E-state index contributed by atoms with van der Waals surface area (Å²) in [5.41, 5.74) is 0. The molecular formula is C18H32O2. The largest absolute Gasteiger partial charge is 0.432 e. The third kappa shape index (κ3) is 15.0. The van der Waals surface area contributed by atoms with Gasteiger partial charge in [0.2, 0.25) is 0 Å². The van der Waals surface area contributed by atoms with Crippen LogP contribution in [-0.4, -0.2) is 5.97 Å². The van der Waals surface area contributed by atoms with Crippen molar-refractivity contribution in [3.63, 3.8) is 0 Å². The fourth-order valence-corrected chi connectivity index (χ4v) is 2.16. The van der Waals surface area contributed by atoms with Gasteiger partial charge in [-0.1, -0.05) is 77.7 Å². The van der Waals surface area contributed by atoms with Crippen LogP contribution in [0.5, 0.6) is 0 Å². The topological polar surface area (TPSA) is 26.3 Å². The molecule has 2 heteroatoms. The van der Waals surface area contributed by atoms with E-state index in [9.17, 15) is 4.79 Å². The number of carbonyl (C=O) groups excluding carboxylic acids is 1. The lowest BCUT2D eigenvalue weighted by Gasteiger charge is -2.01. The minimum atomic E-state index is -0.389. The highest BCUT2D eigenvalue weighted by Gasteiger charge is 1.93. The van der Waals surface area contributed by atoms with Crippen LogP contribution >= 0.6 is 0 Å². The van der Waals surface area contributed by atoms with Crippen molar-refractivity contribution in [2.45, 2.75) is 84.0 Å². The van der Waals surface area contributed by atoms with Gasteiger partial charge >= 0.3 is 5.97 Å². The van der Waals surface area contributed by atoms with Gasteiger partial charge in [-0.3, -0.25) is 0 Å². The van der Waals surface area contributed by atoms with Crippen LogP contribution in [0.1, 0.15) is 84.0 Å². The number of carbonyl (C=O) groups is 1. The van der Waals surface area contributed by atoms with Crippen molar-refractivity contribution < 1.29 is 9.53 Å². The van der Waals surface area contributed by atoms with Crippen molar-refractivity contribution in [2.75, 3.05) is 0 Å². The summed E-state index contributed by atoms with van der Waals surface area (Å²) in [6, 6.07) is 0. The van der Waals surface area contributed by atoms with E-state index in [4.69, 9.17) is 4.74 Å². The molecule has 0 spiro atoms. The first-order valence-electron chi connectivity index (χ1n) is 8.29. The lowest BCUT2D eigenvalue weighted by molar-refractivity contribution is -0.132. The third-order valence-electron chi connectivity index (χ3n) is 3.42. The summed E-state index contributed by atoms with van der Waals surface area (Å²) in [6.07, 6.45) is 20.5. The molecule has 0 aliphatic carbocycles. The molecule has 0 heterocycles. The van der Waals surface area contributed by atoms with Gasteiger partial charge in [0.25, 0.3) is 0 Å². The van der Waals surface area contributed by atoms with Gasteiger partial charge in [-0.25, -0.2) is 4.79 Å². The van der Waals surface area contributed by atoms with E-state index in [1.165, 1.54) is 83.0 Å². The Morgan fingerprint density at radius 3 is 1.90 bits per heavy atom. The van der Waals surface area contributed by atoms with E-state index in [0.717, 1.165) is 6.42 Å². The molecule has 0 saturated heterocycles. The molecule has 0 radical (unpaired) electrons. The molecule has 0 bridgehead atoms. The summed E-state index contributed by atoms with van der Waals surface area (Å²) in [5, 5.41) is 0. The smallest absolute Gasteiger partial charge is 0.334 e. The van der Waals surface area contributed by atoms with Gasteiger partial charge in [0.05, 0.1) is 6.26 Å². The third-order valence-corrected chi connectivity index (χ3v) is 3.42. The van der Waals surface area contributed by atoms with E-state index in [1.807, 2.05) is 6.08 Å². The zero-order chi connectivity index (χ0) is 14.9. The Bertz CT molecular complexity index is 256. The Balaban J connectivity index is 3.09. The minimum Gasteiger partial charge on any atom is -0.432 e. The van der Waals surface area contributed by atoms with Crippen LogP contribution in [0.4, 0.5) is 0 Å². The summed E-state index contributed by atoms with van der Waals surface area (Å²) in [6.45, 7) is 5.60. The van der Waals surface area contributed by atoms with Crippen molar-refractivity contribution in [1.29, 1.82) is 0 Å². The normalized spacial score (nSPS) is 10.8. The highest BCUT2D eigenvalue weighted by atomic mass is 16.5. The zero-order valence-corrected chi connectivity index (χ0v) is 13.2. The molecule has 0 rings (SSSR count). The molecule has 0 fully saturated rings. The quantitative estimate of drug-likeness (QED) is 0.170. The average Bonchev–Trinajstić information content (AvgIpc) is 2.47. The molecular weight excluding hydrogens is 248 g/mol. The molecule has 0 N–H and O–H groups in total. The van der Waals surface area contributed by atoms with Gasteiger partial charge in [0.1, 0.15) is 0 Å². The molecule has 0 aliphatic heterocycles. The predicted molar refractivity (Wildman–Crippen MR) is 86.5 cm³/mol. The molecule has 0 aromatic rings. The van der Waals surface area contributed by atoms with E-state index in [2.05, 4.69) is 13.5 Å². The summed E-state index contributed by atoms with van der Waals surface area (Å²) >= 11 is 0. The summed E-state index contributed by atoms with van der Waals surface area (Å²) in [7, 11) is 0. The molecule has 0 unspecified atom stereocenters. The van der Waals surface area contributed by atoms with Gasteiger partial charge in [-0.2, -0.15) is 0 Å². The first-order valence-corrected chi connectivity index (χ1v) is 8.29. The van der Waals surface area contributed by atoms with Crippen molar-refractivity contribution in [2.24, 2.45) is 0 Å². The van der Waals surface area contributed by atoms with Crippen molar-refractivity contribution >= 4 is 5.97 Å². The summed E-state index contributed by atoms with van der Waals surface area (Å²) in [5.74, 6) is -0.389. The number of esters is 1. The fraction of sp³-hybridized carbons (Fsp3) is 0.722. The molecule has 116 valence electrons. The first-order chi connectivity index (χ1) is 9.81. The maximum Gasteiger partial charge on any atom is 0.334 e. The van der Waals surface area contributed by atoms with Crippen LogP contribution in [0, 0.1) is 0 Å². The van der Waals surface area contributed by atoms with Crippen molar-refractivity contribution in [3.05, 3.63) is 25.0 Å². The summed E-state index contributed by atoms with van der Waals surface area (Å²) < 4.78 is 4.75. The molecule has 0 aromatic carbocycles.